The number of ether oxygens (including phenoxy) is 6. The summed E-state index contributed by atoms with van der Waals surface area (Å²) in [5.74, 6) is -1.51. The average molecular weight is 975 g/mol. The molecule has 8 rings (SSSR count). The van der Waals surface area contributed by atoms with E-state index in [9.17, 15) is 71.2 Å². The molecule has 8 aliphatic rings. The number of esters is 1. The molecule has 7 fully saturated rings. The summed E-state index contributed by atoms with van der Waals surface area (Å²) in [6.45, 7) is 12.1. The third kappa shape index (κ3) is 8.07. The van der Waals surface area contributed by atoms with Crippen LogP contribution >= 0.6 is 0 Å². The van der Waals surface area contributed by atoms with Crippen molar-refractivity contribution in [1.82, 2.24) is 0 Å². The number of fused-ring (bicyclic) bond motifs is 7. The number of hydrogen-bond donors (Lipinski definition) is 13. The fourth-order valence-electron chi connectivity index (χ4n) is 15.1. The van der Waals surface area contributed by atoms with Gasteiger partial charge in [0.2, 0.25) is 6.29 Å². The van der Waals surface area contributed by atoms with Crippen LogP contribution in [-0.4, -0.2) is 203 Å². The Morgan fingerprint density at radius 3 is 1.96 bits per heavy atom. The molecule has 0 aromatic rings. The number of rotatable bonds is 9. The van der Waals surface area contributed by atoms with E-state index in [0.717, 1.165) is 5.57 Å². The smallest absolute Gasteiger partial charge is 0.315 e. The zero-order chi connectivity index (χ0) is 50.0. The second-order valence-corrected chi connectivity index (χ2v) is 23.7. The van der Waals surface area contributed by atoms with E-state index in [1.807, 2.05) is 0 Å². The van der Waals surface area contributed by atoms with Crippen molar-refractivity contribution in [3.05, 3.63) is 11.6 Å². The lowest BCUT2D eigenvalue weighted by atomic mass is 9.33. The first kappa shape index (κ1) is 52.8. The summed E-state index contributed by atoms with van der Waals surface area (Å²) in [6.07, 6.45) is -21.7. The summed E-state index contributed by atoms with van der Waals surface area (Å²) >= 11 is 0. The fraction of sp³-hybridized carbons (Fsp3) is 0.938. The van der Waals surface area contributed by atoms with Crippen LogP contribution in [0, 0.1) is 50.2 Å². The molecule has 390 valence electrons. The van der Waals surface area contributed by atoms with Crippen molar-refractivity contribution in [2.45, 2.75) is 210 Å². The predicted molar refractivity (Wildman–Crippen MR) is 233 cm³/mol. The van der Waals surface area contributed by atoms with Crippen LogP contribution < -0.4 is 0 Å². The molecule has 0 unspecified atom stereocenters. The Balaban J connectivity index is 0.991. The van der Waals surface area contributed by atoms with Crippen molar-refractivity contribution in [3.63, 3.8) is 0 Å². The van der Waals surface area contributed by atoms with Gasteiger partial charge in [-0.3, -0.25) is 4.79 Å². The number of aliphatic hydroxyl groups excluding tert-OH is 13. The summed E-state index contributed by atoms with van der Waals surface area (Å²) in [4.78, 5) is 15.0. The molecule has 0 radical (unpaired) electrons. The van der Waals surface area contributed by atoms with Crippen molar-refractivity contribution in [3.8, 4) is 0 Å². The molecule has 3 heterocycles. The standard InChI is InChI=1S/C48H78O20/c1-20-28(53)30(55)33(58)40(64-20)67-36-25(17-49)65-39(35(60)32(36)57)63-18-26-29(54)31(56)34(59)41(66-26)68-42(62)48-12-10-43(2,3)14-22(48)21-8-9-27-44(4)15-24(52)38(61)45(5,19-50)37(44)23(51)16-47(27,7)46(21,6)11-13-48/h8,20,22-41,49-61H,9-19H2,1-7H3/t20-,22-,23+,24-,25+,26+,27+,28-,29+,30-,31-,32+,33-,34+,35+,36+,37+,38-,39+,40-,41-,44+,45-,46+,47+,48-/m0/s1. The maximum atomic E-state index is 15.0. The summed E-state index contributed by atoms with van der Waals surface area (Å²) < 4.78 is 34.6. The molecule has 20 nitrogen and oxygen atoms in total. The number of aliphatic hydroxyl groups is 13. The number of carbonyl (C=O) groups excluding carboxylic acids is 1. The second kappa shape index (κ2) is 18.5. The summed E-state index contributed by atoms with van der Waals surface area (Å²) in [7, 11) is 0. The van der Waals surface area contributed by atoms with Gasteiger partial charge < -0.3 is 94.8 Å². The summed E-state index contributed by atoms with van der Waals surface area (Å²) in [5, 5.41) is 142. The van der Waals surface area contributed by atoms with Gasteiger partial charge in [-0.25, -0.2) is 0 Å². The average Bonchev–Trinajstić information content (AvgIpc) is 3.28. The highest BCUT2D eigenvalue weighted by atomic mass is 16.8. The third-order valence-corrected chi connectivity index (χ3v) is 19.3. The first-order valence-electron chi connectivity index (χ1n) is 24.5. The van der Waals surface area contributed by atoms with Crippen molar-refractivity contribution in [1.29, 1.82) is 0 Å². The summed E-state index contributed by atoms with van der Waals surface area (Å²) in [6, 6.07) is 0. The Kier molecular flexibility index (Phi) is 14.3. The topological polar surface area (TPSA) is 335 Å². The van der Waals surface area contributed by atoms with Gasteiger partial charge in [-0.15, -0.1) is 0 Å². The maximum absolute atomic E-state index is 15.0. The Labute approximate surface area is 396 Å². The van der Waals surface area contributed by atoms with Crippen LogP contribution in [0.5, 0.6) is 0 Å². The minimum Gasteiger partial charge on any atom is -0.432 e. The normalized spacial score (nSPS) is 55.7. The van der Waals surface area contributed by atoms with Crippen molar-refractivity contribution >= 4 is 5.97 Å². The highest BCUT2D eigenvalue weighted by molar-refractivity contribution is 5.79. The molecule has 3 aliphatic heterocycles. The van der Waals surface area contributed by atoms with Gasteiger partial charge in [-0.05, 0) is 91.8 Å². The van der Waals surface area contributed by atoms with Crippen LogP contribution in [0.1, 0.15) is 99.8 Å². The third-order valence-electron chi connectivity index (χ3n) is 19.3. The number of allylic oxidation sites excluding steroid dienone is 2. The largest absolute Gasteiger partial charge is 0.432 e. The Morgan fingerprint density at radius 2 is 1.29 bits per heavy atom. The van der Waals surface area contributed by atoms with Crippen molar-refractivity contribution in [2.24, 2.45) is 50.2 Å². The van der Waals surface area contributed by atoms with Crippen LogP contribution in [0.3, 0.4) is 0 Å². The maximum Gasteiger partial charge on any atom is 0.315 e. The minimum absolute atomic E-state index is 0.0494. The van der Waals surface area contributed by atoms with E-state index >= 15 is 0 Å². The van der Waals surface area contributed by atoms with Gasteiger partial charge in [0.05, 0.1) is 49.7 Å². The molecule has 0 amide bonds. The molecule has 0 spiro atoms. The molecule has 0 aromatic carbocycles. The molecule has 20 heteroatoms. The van der Waals surface area contributed by atoms with E-state index in [1.54, 1.807) is 6.92 Å². The van der Waals surface area contributed by atoms with E-state index in [4.69, 9.17) is 28.4 Å². The first-order valence-corrected chi connectivity index (χ1v) is 24.5. The number of hydrogen-bond acceptors (Lipinski definition) is 20. The van der Waals surface area contributed by atoms with Gasteiger partial charge in [0.15, 0.2) is 12.6 Å². The molecule has 4 saturated carbocycles. The lowest BCUT2D eigenvalue weighted by Gasteiger charge is -2.72. The van der Waals surface area contributed by atoms with Crippen LogP contribution in [0.2, 0.25) is 0 Å². The fourth-order valence-corrected chi connectivity index (χ4v) is 15.1. The highest BCUT2D eigenvalue weighted by Crippen LogP contribution is 2.76. The lowest BCUT2D eigenvalue weighted by molar-refractivity contribution is -0.361. The zero-order valence-corrected chi connectivity index (χ0v) is 40.2. The lowest BCUT2D eigenvalue weighted by Crippen LogP contribution is -2.71. The monoisotopic (exact) mass is 975 g/mol. The predicted octanol–water partition coefficient (Wildman–Crippen LogP) is -1.92. The molecule has 3 saturated heterocycles. The molecule has 68 heavy (non-hydrogen) atoms. The van der Waals surface area contributed by atoms with Gasteiger partial charge in [0.1, 0.15) is 67.1 Å². The highest BCUT2D eigenvalue weighted by Gasteiger charge is 2.73. The Hall–Kier alpha value is -1.51. The molecular formula is C48H78O20. The van der Waals surface area contributed by atoms with Crippen molar-refractivity contribution < 1.29 is 99.6 Å². The first-order chi connectivity index (χ1) is 31.7. The number of carbonyl (C=O) groups is 1. The van der Waals surface area contributed by atoms with Gasteiger partial charge in [0.25, 0.3) is 0 Å². The molecule has 5 aliphatic carbocycles. The second-order valence-electron chi connectivity index (χ2n) is 23.7. The van der Waals surface area contributed by atoms with Gasteiger partial charge in [-0.2, -0.15) is 0 Å². The van der Waals surface area contributed by atoms with E-state index < -0.39 is 169 Å². The molecular weight excluding hydrogens is 897 g/mol. The molecule has 26 atom stereocenters. The van der Waals surface area contributed by atoms with Gasteiger partial charge in [-0.1, -0.05) is 53.2 Å². The van der Waals surface area contributed by atoms with Crippen LogP contribution in [0.4, 0.5) is 0 Å². The van der Waals surface area contributed by atoms with Crippen molar-refractivity contribution in [2.75, 3.05) is 19.8 Å². The van der Waals surface area contributed by atoms with Gasteiger partial charge >= 0.3 is 5.97 Å². The SMILES string of the molecule is C[C@@H]1O[C@@H](O[C@H]2[C@H](O)[C@@H](O)[C@H](OC[C@H]3O[C@@H](OC(=O)[C@]45CCC(C)(C)C[C@H]4C4=CC[C@@H]6[C@@]7(C)C[C@H](O)[C@H](O)[C@@](C)(CO)[C@@H]7[C@H](O)C[C@@]6(C)[C@]4(C)CC5)[C@H](O)[C@@H](O)[C@@H]3O)O[C@@H]2CO)[C@@H](O)[C@@H](O)[C@H]1O. The summed E-state index contributed by atoms with van der Waals surface area (Å²) in [5.41, 5.74) is -3.01. The van der Waals surface area contributed by atoms with Gasteiger partial charge in [0, 0.05) is 11.3 Å². The van der Waals surface area contributed by atoms with Crippen LogP contribution in [0.25, 0.3) is 0 Å². The van der Waals surface area contributed by atoms with Crippen LogP contribution in [0.15, 0.2) is 11.6 Å². The zero-order valence-electron chi connectivity index (χ0n) is 40.2. The Bertz CT molecular complexity index is 1870. The Morgan fingerprint density at radius 1 is 0.676 bits per heavy atom. The van der Waals surface area contributed by atoms with E-state index in [1.165, 1.54) is 6.92 Å². The quantitative estimate of drug-likeness (QED) is 0.0885. The minimum atomic E-state index is -1.89. The molecule has 0 aromatic heterocycles. The van der Waals surface area contributed by atoms with E-state index in [2.05, 4.69) is 40.7 Å². The van der Waals surface area contributed by atoms with E-state index in [-0.39, 0.29) is 23.7 Å². The molecule has 13 N–H and O–H groups in total. The van der Waals surface area contributed by atoms with E-state index in [0.29, 0.717) is 44.9 Å². The molecule has 0 bridgehead atoms. The van der Waals surface area contributed by atoms with Crippen LogP contribution in [-0.2, 0) is 33.2 Å².